The maximum Gasteiger partial charge on any atom is 0.199 e. The van der Waals surface area contributed by atoms with Gasteiger partial charge in [-0.3, -0.25) is 0 Å². The van der Waals surface area contributed by atoms with Crippen molar-refractivity contribution in [2.75, 3.05) is 7.11 Å². The lowest BCUT2D eigenvalue weighted by Crippen LogP contribution is -2.15. The van der Waals surface area contributed by atoms with E-state index in [1.807, 2.05) is 0 Å². The summed E-state index contributed by atoms with van der Waals surface area (Å²) in [5, 5.41) is 16.2. The van der Waals surface area contributed by atoms with Gasteiger partial charge < -0.3 is 19.7 Å². The fourth-order valence-corrected chi connectivity index (χ4v) is 0.749. The second kappa shape index (κ2) is 5.21. The topological polar surface area (TPSA) is 58.9 Å². The highest BCUT2D eigenvalue weighted by Gasteiger charge is 2.17. The van der Waals surface area contributed by atoms with Gasteiger partial charge >= 0.3 is 0 Å². The molecule has 0 saturated carbocycles. The van der Waals surface area contributed by atoms with Crippen LogP contribution >= 0.6 is 0 Å². The quantitative estimate of drug-likeness (QED) is 0.605. The van der Waals surface area contributed by atoms with Gasteiger partial charge in [-0.25, -0.2) is 0 Å². The molecule has 78 valence electrons. The number of allylic oxidation sites excluding steroid dienone is 1. The maximum absolute atomic E-state index is 8.08. The van der Waals surface area contributed by atoms with Gasteiger partial charge in [0.05, 0.1) is 5.76 Å². The molecule has 1 atom stereocenters. The maximum atomic E-state index is 8.08. The second-order valence-corrected chi connectivity index (χ2v) is 3.35. The molecule has 13 heavy (non-hydrogen) atoms. The predicted octanol–water partition coefficient (Wildman–Crippen LogP) is 0.990. The lowest BCUT2D eigenvalue weighted by molar-refractivity contribution is -0.127. The highest BCUT2D eigenvalue weighted by atomic mass is 16.7. The Morgan fingerprint density at radius 3 is 2.15 bits per heavy atom. The molecular weight excluding hydrogens is 172 g/mol. The first-order chi connectivity index (χ1) is 5.83. The molecule has 0 aliphatic carbocycles. The van der Waals surface area contributed by atoms with Crippen LogP contribution in [0.15, 0.2) is 12.3 Å². The van der Waals surface area contributed by atoms with Crippen molar-refractivity contribution in [3.05, 3.63) is 12.3 Å². The molecule has 4 heteroatoms. The molecule has 0 radical (unpaired) electrons. The van der Waals surface area contributed by atoms with Crippen molar-refractivity contribution in [1.82, 2.24) is 0 Å². The Labute approximate surface area is 78.8 Å². The fourth-order valence-electron chi connectivity index (χ4n) is 0.749. The first-order valence-electron chi connectivity index (χ1n) is 4.15. The standard InChI is InChI=1S/C6H10O2.C3H8O2/c1-5-3-4-6(7-2)8-5;1-3(2,4)5/h6H,1,3-4H2,2H3;4-5H,1-2H3. The lowest BCUT2D eigenvalue weighted by Gasteiger charge is -2.05. The molecule has 2 N–H and O–H groups in total. The van der Waals surface area contributed by atoms with Crippen molar-refractivity contribution in [2.45, 2.75) is 38.8 Å². The van der Waals surface area contributed by atoms with Gasteiger partial charge in [0, 0.05) is 20.0 Å². The highest BCUT2D eigenvalue weighted by molar-refractivity contribution is 4.88. The van der Waals surface area contributed by atoms with Crippen LogP contribution in [-0.2, 0) is 9.47 Å². The Morgan fingerprint density at radius 2 is 2.00 bits per heavy atom. The molecule has 1 heterocycles. The van der Waals surface area contributed by atoms with Crippen LogP contribution in [0.25, 0.3) is 0 Å². The summed E-state index contributed by atoms with van der Waals surface area (Å²) in [5.41, 5.74) is 0. The minimum Gasteiger partial charge on any atom is -0.470 e. The van der Waals surface area contributed by atoms with E-state index in [-0.39, 0.29) is 6.29 Å². The third-order valence-corrected chi connectivity index (χ3v) is 1.22. The molecule has 1 unspecified atom stereocenters. The molecule has 1 fully saturated rings. The van der Waals surface area contributed by atoms with Crippen LogP contribution in [0.2, 0.25) is 0 Å². The van der Waals surface area contributed by atoms with Crippen LogP contribution in [0.3, 0.4) is 0 Å². The minimum absolute atomic E-state index is 0.0255. The fraction of sp³-hybridized carbons (Fsp3) is 0.778. The van der Waals surface area contributed by atoms with Gasteiger partial charge in [-0.1, -0.05) is 6.58 Å². The van der Waals surface area contributed by atoms with Crippen LogP contribution in [0.5, 0.6) is 0 Å². The molecule has 0 aromatic carbocycles. The molecule has 1 saturated heterocycles. The average molecular weight is 190 g/mol. The van der Waals surface area contributed by atoms with Crippen molar-refractivity contribution in [3.8, 4) is 0 Å². The molecule has 4 nitrogen and oxygen atoms in total. The number of hydrogen-bond donors (Lipinski definition) is 2. The smallest absolute Gasteiger partial charge is 0.199 e. The van der Waals surface area contributed by atoms with E-state index < -0.39 is 5.79 Å². The first-order valence-corrected chi connectivity index (χ1v) is 4.15. The van der Waals surface area contributed by atoms with Crippen LogP contribution in [0.1, 0.15) is 26.7 Å². The van der Waals surface area contributed by atoms with Gasteiger partial charge in [0.25, 0.3) is 0 Å². The van der Waals surface area contributed by atoms with E-state index >= 15 is 0 Å². The molecule has 1 rings (SSSR count). The van der Waals surface area contributed by atoms with E-state index in [1.54, 1.807) is 7.11 Å². The lowest BCUT2D eigenvalue weighted by atomic mass is 10.3. The van der Waals surface area contributed by atoms with Gasteiger partial charge in [-0.2, -0.15) is 0 Å². The Balaban J connectivity index is 0.000000252. The molecule has 1 aliphatic rings. The van der Waals surface area contributed by atoms with Crippen LogP contribution in [0.4, 0.5) is 0 Å². The summed E-state index contributed by atoms with van der Waals surface area (Å²) in [6.45, 7) is 6.25. The summed E-state index contributed by atoms with van der Waals surface area (Å²) in [6, 6.07) is 0. The molecule has 0 amide bonds. The van der Waals surface area contributed by atoms with Crippen LogP contribution in [-0.4, -0.2) is 29.4 Å². The van der Waals surface area contributed by atoms with E-state index in [0.29, 0.717) is 0 Å². The Kier molecular flexibility index (Phi) is 4.98. The third-order valence-electron chi connectivity index (χ3n) is 1.22. The van der Waals surface area contributed by atoms with Crippen LogP contribution in [0, 0.1) is 0 Å². The van der Waals surface area contributed by atoms with E-state index in [4.69, 9.17) is 19.7 Å². The third kappa shape index (κ3) is 9.33. The van der Waals surface area contributed by atoms with E-state index in [9.17, 15) is 0 Å². The summed E-state index contributed by atoms with van der Waals surface area (Å²) < 4.78 is 9.99. The van der Waals surface area contributed by atoms with Crippen molar-refractivity contribution >= 4 is 0 Å². The Morgan fingerprint density at radius 1 is 1.54 bits per heavy atom. The zero-order chi connectivity index (χ0) is 10.5. The van der Waals surface area contributed by atoms with Gasteiger partial charge in [0.15, 0.2) is 12.1 Å². The molecule has 0 aromatic heterocycles. The van der Waals surface area contributed by atoms with Crippen molar-refractivity contribution in [3.63, 3.8) is 0 Å². The number of ether oxygens (including phenoxy) is 2. The summed E-state index contributed by atoms with van der Waals surface area (Å²) in [4.78, 5) is 0. The normalized spacial score (nSPS) is 21.9. The average Bonchev–Trinajstić information content (AvgIpc) is 2.31. The van der Waals surface area contributed by atoms with Crippen molar-refractivity contribution in [1.29, 1.82) is 0 Å². The first kappa shape index (κ1) is 12.4. The largest absolute Gasteiger partial charge is 0.470 e. The number of hydrogen-bond acceptors (Lipinski definition) is 4. The van der Waals surface area contributed by atoms with Gasteiger partial charge in [-0.05, 0) is 13.8 Å². The highest BCUT2D eigenvalue weighted by Crippen LogP contribution is 2.20. The molecule has 0 aromatic rings. The summed E-state index contributed by atoms with van der Waals surface area (Å²) in [7, 11) is 1.64. The predicted molar refractivity (Wildman–Crippen MR) is 48.8 cm³/mol. The SMILES string of the molecule is C=C1CCC(OC)O1.CC(C)(O)O. The monoisotopic (exact) mass is 190 g/mol. The van der Waals surface area contributed by atoms with E-state index in [0.717, 1.165) is 18.6 Å². The minimum atomic E-state index is -1.50. The van der Waals surface area contributed by atoms with Crippen LogP contribution < -0.4 is 0 Å². The van der Waals surface area contributed by atoms with Gasteiger partial charge in [0.1, 0.15) is 0 Å². The molecule has 1 aliphatic heterocycles. The van der Waals surface area contributed by atoms with Gasteiger partial charge in [0.2, 0.25) is 0 Å². The van der Waals surface area contributed by atoms with E-state index in [2.05, 4.69) is 6.58 Å². The Bertz CT molecular complexity index is 153. The summed E-state index contributed by atoms with van der Waals surface area (Å²) >= 11 is 0. The van der Waals surface area contributed by atoms with Crippen molar-refractivity contribution < 1.29 is 19.7 Å². The molecular formula is C9H18O4. The molecule has 0 spiro atoms. The summed E-state index contributed by atoms with van der Waals surface area (Å²) in [6.07, 6.45) is 1.87. The number of aliphatic hydroxyl groups is 2. The van der Waals surface area contributed by atoms with Crippen molar-refractivity contribution in [2.24, 2.45) is 0 Å². The number of methoxy groups -OCH3 is 1. The van der Waals surface area contributed by atoms with E-state index in [1.165, 1.54) is 13.8 Å². The van der Waals surface area contributed by atoms with Gasteiger partial charge in [-0.15, -0.1) is 0 Å². The zero-order valence-corrected chi connectivity index (χ0v) is 8.41. The molecule has 0 bridgehead atoms. The Hall–Kier alpha value is -0.580. The zero-order valence-electron chi connectivity index (χ0n) is 8.41. The second-order valence-electron chi connectivity index (χ2n) is 3.35. The number of rotatable bonds is 1. The summed E-state index contributed by atoms with van der Waals surface area (Å²) in [5.74, 6) is -0.656.